The van der Waals surface area contributed by atoms with Crippen LogP contribution in [0.2, 0.25) is 0 Å². The van der Waals surface area contributed by atoms with Gasteiger partial charge in [-0.25, -0.2) is 0 Å². The van der Waals surface area contributed by atoms with E-state index in [-0.39, 0.29) is 11.2 Å². The van der Waals surface area contributed by atoms with E-state index in [0.29, 0.717) is 19.8 Å². The molecule has 1 saturated heterocycles. The Bertz CT molecular complexity index is 515. The van der Waals surface area contributed by atoms with Gasteiger partial charge in [0.1, 0.15) is 0 Å². The van der Waals surface area contributed by atoms with Crippen LogP contribution in [0.3, 0.4) is 0 Å². The van der Waals surface area contributed by atoms with Crippen LogP contribution in [-0.2, 0) is 14.9 Å². The second-order valence-electron chi connectivity index (χ2n) is 6.16. The summed E-state index contributed by atoms with van der Waals surface area (Å²) in [5.41, 5.74) is 7.33. The van der Waals surface area contributed by atoms with Crippen LogP contribution >= 0.6 is 0 Å². The lowest BCUT2D eigenvalue weighted by Crippen LogP contribution is -2.45. The third kappa shape index (κ3) is 2.57. The zero-order valence-electron chi connectivity index (χ0n) is 13.4. The van der Waals surface area contributed by atoms with Crippen LogP contribution in [0, 0.1) is 0 Å². The van der Waals surface area contributed by atoms with Crippen molar-refractivity contribution in [1.82, 2.24) is 0 Å². The van der Waals surface area contributed by atoms with Gasteiger partial charge >= 0.3 is 0 Å². The highest BCUT2D eigenvalue weighted by molar-refractivity contribution is 5.45. The van der Waals surface area contributed by atoms with Gasteiger partial charge in [0.2, 0.25) is 0 Å². The number of hydrogen-bond acceptors (Lipinski definition) is 5. The first-order chi connectivity index (χ1) is 10.7. The summed E-state index contributed by atoms with van der Waals surface area (Å²) in [5, 5.41) is 0. The minimum atomic E-state index is -0.366. The summed E-state index contributed by atoms with van der Waals surface area (Å²) < 4.78 is 22.4. The molecule has 0 aromatic heterocycles. The van der Waals surface area contributed by atoms with Gasteiger partial charge in [0, 0.05) is 24.8 Å². The standard InChI is InChI=1S/C17H25NO4/c1-19-14-4-3-13(11-15(14)20-2)16(12-18)5-7-17(8-6-16)21-9-10-22-17/h3-4,11H,5-10,12,18H2,1-2H3. The molecule has 2 aliphatic rings. The molecule has 1 spiro atoms. The largest absolute Gasteiger partial charge is 0.493 e. The molecular weight excluding hydrogens is 282 g/mol. The van der Waals surface area contributed by atoms with Gasteiger partial charge in [0.05, 0.1) is 27.4 Å². The minimum absolute atomic E-state index is 0.0416. The Morgan fingerprint density at radius 3 is 2.18 bits per heavy atom. The molecule has 122 valence electrons. The number of ether oxygens (including phenoxy) is 4. The molecule has 1 aromatic rings. The summed E-state index contributed by atoms with van der Waals surface area (Å²) in [6.45, 7) is 2.01. The van der Waals surface area contributed by atoms with E-state index in [4.69, 9.17) is 24.7 Å². The molecule has 5 nitrogen and oxygen atoms in total. The van der Waals surface area contributed by atoms with Crippen molar-refractivity contribution < 1.29 is 18.9 Å². The Labute approximate surface area is 131 Å². The summed E-state index contributed by atoms with van der Waals surface area (Å²) in [6, 6.07) is 6.11. The van der Waals surface area contributed by atoms with Crippen molar-refractivity contribution in [3.63, 3.8) is 0 Å². The first-order valence-corrected chi connectivity index (χ1v) is 7.87. The molecule has 1 heterocycles. The fourth-order valence-corrected chi connectivity index (χ4v) is 3.67. The average Bonchev–Trinajstić information content (AvgIpc) is 3.04. The van der Waals surface area contributed by atoms with E-state index < -0.39 is 0 Å². The van der Waals surface area contributed by atoms with Gasteiger partial charge < -0.3 is 24.7 Å². The molecule has 1 aromatic carbocycles. The average molecular weight is 307 g/mol. The maximum atomic E-state index is 6.17. The molecular formula is C17H25NO4. The molecule has 2 N–H and O–H groups in total. The van der Waals surface area contributed by atoms with E-state index >= 15 is 0 Å². The fraction of sp³-hybridized carbons (Fsp3) is 0.647. The van der Waals surface area contributed by atoms with Gasteiger partial charge in [0.15, 0.2) is 17.3 Å². The Morgan fingerprint density at radius 2 is 1.64 bits per heavy atom. The lowest BCUT2D eigenvalue weighted by molar-refractivity contribution is -0.184. The third-order valence-electron chi connectivity index (χ3n) is 5.17. The van der Waals surface area contributed by atoms with Crippen molar-refractivity contribution in [2.45, 2.75) is 36.9 Å². The summed E-state index contributed by atoms with van der Waals surface area (Å²) in [7, 11) is 3.31. The van der Waals surface area contributed by atoms with Gasteiger partial charge in [-0.15, -0.1) is 0 Å². The highest BCUT2D eigenvalue weighted by atomic mass is 16.7. The number of methoxy groups -OCH3 is 2. The summed E-state index contributed by atoms with van der Waals surface area (Å²) in [4.78, 5) is 0. The van der Waals surface area contributed by atoms with Crippen LogP contribution in [-0.4, -0.2) is 39.8 Å². The van der Waals surface area contributed by atoms with E-state index in [0.717, 1.165) is 37.2 Å². The lowest BCUT2D eigenvalue weighted by Gasteiger charge is -2.43. The summed E-state index contributed by atoms with van der Waals surface area (Å²) in [6.07, 6.45) is 3.69. The van der Waals surface area contributed by atoms with Crippen LogP contribution in [0.15, 0.2) is 18.2 Å². The molecule has 0 unspecified atom stereocenters. The number of rotatable bonds is 4. The molecule has 0 radical (unpaired) electrons. The molecule has 0 atom stereocenters. The third-order valence-corrected chi connectivity index (χ3v) is 5.17. The molecule has 3 rings (SSSR count). The topological polar surface area (TPSA) is 62.9 Å². The van der Waals surface area contributed by atoms with Crippen LogP contribution < -0.4 is 15.2 Å². The lowest BCUT2D eigenvalue weighted by atomic mass is 9.67. The maximum absolute atomic E-state index is 6.17. The van der Waals surface area contributed by atoms with E-state index in [1.165, 1.54) is 5.56 Å². The van der Waals surface area contributed by atoms with Gasteiger partial charge in [0.25, 0.3) is 0 Å². The minimum Gasteiger partial charge on any atom is -0.493 e. The molecule has 1 saturated carbocycles. The highest BCUT2D eigenvalue weighted by Crippen LogP contribution is 2.47. The number of nitrogens with two attached hydrogens (primary N) is 1. The second-order valence-corrected chi connectivity index (χ2v) is 6.16. The van der Waals surface area contributed by atoms with Gasteiger partial charge in [-0.1, -0.05) is 6.07 Å². The predicted molar refractivity (Wildman–Crippen MR) is 83.4 cm³/mol. The zero-order valence-corrected chi connectivity index (χ0v) is 13.4. The second kappa shape index (κ2) is 6.07. The van der Waals surface area contributed by atoms with E-state index in [2.05, 4.69) is 12.1 Å². The number of hydrogen-bond donors (Lipinski definition) is 1. The zero-order chi connectivity index (χ0) is 15.6. The van der Waals surface area contributed by atoms with Crippen molar-refractivity contribution in [1.29, 1.82) is 0 Å². The van der Waals surface area contributed by atoms with Crippen LogP contribution in [0.1, 0.15) is 31.2 Å². The molecule has 0 bridgehead atoms. The highest BCUT2D eigenvalue weighted by Gasteiger charge is 2.46. The van der Waals surface area contributed by atoms with Gasteiger partial charge in [-0.3, -0.25) is 0 Å². The van der Waals surface area contributed by atoms with Crippen molar-refractivity contribution in [2.75, 3.05) is 34.0 Å². The Hall–Kier alpha value is -1.30. The summed E-state index contributed by atoms with van der Waals surface area (Å²) in [5.74, 6) is 1.13. The normalized spacial score (nSPS) is 22.7. The first-order valence-electron chi connectivity index (χ1n) is 7.87. The van der Waals surface area contributed by atoms with Crippen molar-refractivity contribution in [3.8, 4) is 11.5 Å². The molecule has 1 aliphatic heterocycles. The Morgan fingerprint density at radius 1 is 1.00 bits per heavy atom. The Kier molecular flexibility index (Phi) is 4.30. The van der Waals surface area contributed by atoms with Crippen molar-refractivity contribution >= 4 is 0 Å². The number of benzene rings is 1. The molecule has 1 aliphatic carbocycles. The smallest absolute Gasteiger partial charge is 0.168 e. The maximum Gasteiger partial charge on any atom is 0.168 e. The summed E-state index contributed by atoms with van der Waals surface area (Å²) >= 11 is 0. The van der Waals surface area contributed by atoms with Crippen LogP contribution in [0.25, 0.3) is 0 Å². The van der Waals surface area contributed by atoms with E-state index in [9.17, 15) is 0 Å². The SMILES string of the molecule is COc1ccc(C2(CN)CCC3(CC2)OCCO3)cc1OC. The molecule has 22 heavy (non-hydrogen) atoms. The van der Waals surface area contributed by atoms with Gasteiger partial charge in [-0.2, -0.15) is 0 Å². The Balaban J connectivity index is 1.85. The fourth-order valence-electron chi connectivity index (χ4n) is 3.67. The van der Waals surface area contributed by atoms with Gasteiger partial charge in [-0.05, 0) is 30.5 Å². The van der Waals surface area contributed by atoms with Crippen molar-refractivity contribution in [3.05, 3.63) is 23.8 Å². The predicted octanol–water partition coefficient (Wildman–Crippen LogP) is 2.22. The van der Waals surface area contributed by atoms with Crippen LogP contribution in [0.5, 0.6) is 11.5 Å². The van der Waals surface area contributed by atoms with Crippen molar-refractivity contribution in [2.24, 2.45) is 5.73 Å². The van der Waals surface area contributed by atoms with Crippen LogP contribution in [0.4, 0.5) is 0 Å². The molecule has 0 amide bonds. The van der Waals surface area contributed by atoms with E-state index in [1.807, 2.05) is 6.07 Å². The first kappa shape index (κ1) is 15.6. The van der Waals surface area contributed by atoms with E-state index in [1.54, 1.807) is 14.2 Å². The molecule has 2 fully saturated rings. The molecule has 5 heteroatoms. The quantitative estimate of drug-likeness (QED) is 0.924. The monoisotopic (exact) mass is 307 g/mol.